The zero-order chi connectivity index (χ0) is 26.6. The number of aromatic nitrogens is 2. The van der Waals surface area contributed by atoms with Crippen LogP contribution in [0.15, 0.2) is 67.0 Å². The zero-order valence-electron chi connectivity index (χ0n) is 21.0. The molecule has 6 nitrogen and oxygen atoms in total. The van der Waals surface area contributed by atoms with Gasteiger partial charge in [-0.1, -0.05) is 42.4 Å². The number of hydrogen-bond donors (Lipinski definition) is 2. The first kappa shape index (κ1) is 27.8. The van der Waals surface area contributed by atoms with Gasteiger partial charge < -0.3 is 21.1 Å². The molecule has 2 heterocycles. The van der Waals surface area contributed by atoms with Crippen molar-refractivity contribution in [2.45, 2.75) is 51.8 Å². The second-order valence-electron chi connectivity index (χ2n) is 9.08. The van der Waals surface area contributed by atoms with E-state index >= 15 is 0 Å². The molecule has 1 saturated heterocycles. The van der Waals surface area contributed by atoms with E-state index in [1.54, 1.807) is 32.2 Å². The smallest absolute Gasteiger partial charge is 0.142 e. The molecule has 3 rings (SSSR count). The topological polar surface area (TPSA) is 82.3 Å². The Morgan fingerprint density at radius 1 is 1.28 bits per heavy atom. The summed E-state index contributed by atoms with van der Waals surface area (Å²) in [5, 5.41) is 4.84. The fourth-order valence-corrected chi connectivity index (χ4v) is 4.88. The summed E-state index contributed by atoms with van der Waals surface area (Å²) in [7, 11) is 0. The van der Waals surface area contributed by atoms with E-state index < -0.39 is 11.9 Å². The fourth-order valence-electron chi connectivity index (χ4n) is 4.20. The number of rotatable bonds is 9. The molecule has 2 atom stereocenters. The Bertz CT molecular complexity index is 1170. The second-order valence-corrected chi connectivity index (χ2v) is 9.86. The highest BCUT2D eigenvalue weighted by Gasteiger charge is 2.24. The molecule has 2 aromatic rings. The van der Waals surface area contributed by atoms with Crippen LogP contribution in [0.2, 0.25) is 10.0 Å². The minimum Gasteiger partial charge on any atom is -0.484 e. The number of ether oxygens (including phenoxy) is 1. The summed E-state index contributed by atoms with van der Waals surface area (Å²) in [5.74, 6) is -0.159. The van der Waals surface area contributed by atoms with Crippen LogP contribution in [0.5, 0.6) is 0 Å². The monoisotopic (exact) mass is 533 g/mol. The molecule has 0 amide bonds. The van der Waals surface area contributed by atoms with Crippen molar-refractivity contribution in [2.24, 2.45) is 11.5 Å². The first-order valence-corrected chi connectivity index (χ1v) is 12.6. The molecule has 0 radical (unpaired) electrons. The van der Waals surface area contributed by atoms with Gasteiger partial charge in [0.1, 0.15) is 17.7 Å². The van der Waals surface area contributed by atoms with Gasteiger partial charge in [-0.25, -0.2) is 4.39 Å². The number of piperidine rings is 1. The number of nitrogens with zero attached hydrogens (tertiary/aromatic N) is 3. The van der Waals surface area contributed by atoms with Crippen LogP contribution in [0.4, 0.5) is 4.39 Å². The van der Waals surface area contributed by atoms with Crippen molar-refractivity contribution in [2.75, 3.05) is 13.1 Å². The van der Waals surface area contributed by atoms with Gasteiger partial charge in [-0.3, -0.25) is 4.68 Å². The van der Waals surface area contributed by atoms with Gasteiger partial charge >= 0.3 is 0 Å². The van der Waals surface area contributed by atoms with Gasteiger partial charge in [-0.2, -0.15) is 5.10 Å². The Hall–Kier alpha value is -2.74. The molecule has 1 aliphatic heterocycles. The Labute approximate surface area is 222 Å². The van der Waals surface area contributed by atoms with Gasteiger partial charge in [-0.05, 0) is 57.4 Å². The summed E-state index contributed by atoms with van der Waals surface area (Å²) in [5.41, 5.74) is 15.5. The summed E-state index contributed by atoms with van der Waals surface area (Å²) in [6, 6.07) is 2.90. The first-order chi connectivity index (χ1) is 17.0. The van der Waals surface area contributed by atoms with E-state index in [0.717, 1.165) is 42.8 Å². The highest BCUT2D eigenvalue weighted by Crippen LogP contribution is 2.36. The van der Waals surface area contributed by atoms with E-state index in [9.17, 15) is 4.39 Å². The van der Waals surface area contributed by atoms with Crippen LogP contribution in [0, 0.1) is 5.82 Å². The minimum atomic E-state index is -0.643. The molecule has 36 heavy (non-hydrogen) atoms. The number of benzene rings is 1. The third-order valence-electron chi connectivity index (χ3n) is 6.39. The standard InChI is InChI=1S/C27H34Cl2FN5O/c1-6-20(13-25(17(3)32)36-19(5)26-23(28)7-8-24(30)27(26)29)21-14-33-35(15-21)22-9-11-34(12-10-22)18(4)16(2)31/h6-8,13-16,19,22H,1,4,9-12,31-32H2,2-3,5H3/b20-13+,25-17-. The van der Waals surface area contributed by atoms with Gasteiger partial charge in [0.15, 0.2) is 0 Å². The van der Waals surface area contributed by atoms with Crippen molar-refractivity contribution < 1.29 is 9.13 Å². The predicted molar refractivity (Wildman–Crippen MR) is 146 cm³/mol. The van der Waals surface area contributed by atoms with Gasteiger partial charge in [-0.15, -0.1) is 0 Å². The third kappa shape index (κ3) is 6.33. The average molecular weight is 535 g/mol. The highest BCUT2D eigenvalue weighted by atomic mass is 35.5. The molecule has 194 valence electrons. The fraction of sp³-hybridized carbons (Fsp3) is 0.370. The highest BCUT2D eigenvalue weighted by molar-refractivity contribution is 6.36. The van der Waals surface area contributed by atoms with Crippen LogP contribution in [0.25, 0.3) is 5.57 Å². The van der Waals surface area contributed by atoms with Gasteiger partial charge in [0.2, 0.25) is 0 Å². The first-order valence-electron chi connectivity index (χ1n) is 11.9. The average Bonchev–Trinajstić information content (AvgIpc) is 3.33. The lowest BCUT2D eigenvalue weighted by Crippen LogP contribution is -2.39. The number of halogens is 3. The summed E-state index contributed by atoms with van der Waals surface area (Å²) >= 11 is 12.4. The molecule has 1 aromatic carbocycles. The van der Waals surface area contributed by atoms with Crippen molar-refractivity contribution in [1.82, 2.24) is 14.7 Å². The minimum absolute atomic E-state index is 0.0516. The molecule has 1 fully saturated rings. The second kappa shape index (κ2) is 12.0. The third-order valence-corrected chi connectivity index (χ3v) is 7.10. The maximum atomic E-state index is 14.0. The molecule has 1 aliphatic rings. The molecule has 2 unspecified atom stereocenters. The summed E-state index contributed by atoms with van der Waals surface area (Å²) in [6.45, 7) is 15.3. The van der Waals surface area contributed by atoms with Crippen LogP contribution in [-0.2, 0) is 4.74 Å². The lowest BCUT2D eigenvalue weighted by molar-refractivity contribution is 0.140. The Balaban J connectivity index is 1.78. The van der Waals surface area contributed by atoms with Gasteiger partial charge in [0, 0.05) is 52.9 Å². The lowest BCUT2D eigenvalue weighted by atomic mass is 10.0. The number of allylic oxidation sites excluding steroid dienone is 4. The summed E-state index contributed by atoms with van der Waals surface area (Å²) < 4.78 is 22.1. The van der Waals surface area contributed by atoms with E-state index in [4.69, 9.17) is 39.4 Å². The molecule has 4 N–H and O–H groups in total. The maximum absolute atomic E-state index is 14.0. The molecular formula is C27H34Cl2FN5O. The van der Waals surface area contributed by atoms with Crippen molar-refractivity contribution in [3.8, 4) is 0 Å². The zero-order valence-corrected chi connectivity index (χ0v) is 22.5. The number of nitrogens with two attached hydrogens (primary N) is 2. The van der Waals surface area contributed by atoms with E-state index in [1.807, 2.05) is 17.8 Å². The maximum Gasteiger partial charge on any atom is 0.142 e. The van der Waals surface area contributed by atoms with Crippen molar-refractivity contribution >= 4 is 28.8 Å². The van der Waals surface area contributed by atoms with E-state index in [-0.39, 0.29) is 17.1 Å². The van der Waals surface area contributed by atoms with Crippen LogP contribution < -0.4 is 11.5 Å². The van der Waals surface area contributed by atoms with Crippen LogP contribution in [0.3, 0.4) is 0 Å². The van der Waals surface area contributed by atoms with Crippen molar-refractivity contribution in [3.63, 3.8) is 0 Å². The predicted octanol–water partition coefficient (Wildman–Crippen LogP) is 6.36. The molecule has 1 aromatic heterocycles. The molecule has 0 aliphatic carbocycles. The Morgan fingerprint density at radius 3 is 2.53 bits per heavy atom. The Morgan fingerprint density at radius 2 is 1.94 bits per heavy atom. The molecular weight excluding hydrogens is 500 g/mol. The summed E-state index contributed by atoms with van der Waals surface area (Å²) in [6.07, 6.45) is 8.56. The number of hydrogen-bond acceptors (Lipinski definition) is 5. The largest absolute Gasteiger partial charge is 0.484 e. The lowest BCUT2D eigenvalue weighted by Gasteiger charge is -2.36. The molecule has 0 spiro atoms. The SMILES string of the molecule is C=C/C(=C\C(OC(C)c1c(Cl)ccc(F)c1Cl)=C(/C)N)c1cnn(C2CCN(C(=C)C(C)N)CC2)c1. The van der Waals surface area contributed by atoms with Crippen LogP contribution in [0.1, 0.15) is 56.9 Å². The quantitative estimate of drug-likeness (QED) is 0.222. The van der Waals surface area contributed by atoms with E-state index in [1.165, 1.54) is 12.1 Å². The van der Waals surface area contributed by atoms with Crippen molar-refractivity contribution in [1.29, 1.82) is 0 Å². The molecule has 9 heteroatoms. The van der Waals surface area contributed by atoms with E-state index in [0.29, 0.717) is 22.0 Å². The van der Waals surface area contributed by atoms with Gasteiger partial charge in [0.25, 0.3) is 0 Å². The van der Waals surface area contributed by atoms with Crippen molar-refractivity contribution in [3.05, 3.63) is 94.0 Å². The Kier molecular flexibility index (Phi) is 9.28. The normalized spacial score (nSPS) is 17.4. The number of likely N-dealkylation sites (tertiary alicyclic amines) is 1. The van der Waals surface area contributed by atoms with Gasteiger partial charge in [0.05, 0.1) is 17.3 Å². The van der Waals surface area contributed by atoms with Crippen LogP contribution in [-0.4, -0.2) is 33.8 Å². The van der Waals surface area contributed by atoms with Crippen LogP contribution >= 0.6 is 23.2 Å². The summed E-state index contributed by atoms with van der Waals surface area (Å²) in [4.78, 5) is 2.25. The van der Waals surface area contributed by atoms with E-state index in [2.05, 4.69) is 23.2 Å². The molecule has 0 bridgehead atoms. The molecule has 0 saturated carbocycles.